The molecule has 0 amide bonds. The summed E-state index contributed by atoms with van der Waals surface area (Å²) >= 11 is 3.45. The minimum atomic E-state index is -0.780. The second-order valence-electron chi connectivity index (χ2n) is 5.35. The molecule has 3 rings (SSSR count). The van der Waals surface area contributed by atoms with Crippen molar-refractivity contribution in [1.29, 1.82) is 0 Å². The summed E-state index contributed by atoms with van der Waals surface area (Å²) in [5.41, 5.74) is 2.42. The molecule has 0 heterocycles. The fourth-order valence-corrected chi connectivity index (χ4v) is 3.61. The van der Waals surface area contributed by atoms with Gasteiger partial charge < -0.3 is 5.11 Å². The molecular weight excluding hydrogens is 316 g/mol. The van der Waals surface area contributed by atoms with Crippen LogP contribution in [0.15, 0.2) is 53.0 Å². The molecule has 0 fully saturated rings. The van der Waals surface area contributed by atoms with Crippen LogP contribution in [0.2, 0.25) is 0 Å². The van der Waals surface area contributed by atoms with Crippen LogP contribution in [0.3, 0.4) is 0 Å². The van der Waals surface area contributed by atoms with Gasteiger partial charge in [-0.05, 0) is 48.1 Å². The van der Waals surface area contributed by atoms with Gasteiger partial charge in [-0.2, -0.15) is 0 Å². The zero-order chi connectivity index (χ0) is 14.2. The van der Waals surface area contributed by atoms with Gasteiger partial charge in [-0.1, -0.05) is 52.3 Å². The minimum absolute atomic E-state index is 0.540. The number of aliphatic carboxylic acids is 1. The Morgan fingerprint density at radius 3 is 2.75 bits per heavy atom. The van der Waals surface area contributed by atoms with Crippen LogP contribution in [-0.2, 0) is 23.1 Å². The molecule has 0 saturated carbocycles. The Kier molecular flexibility index (Phi) is 3.38. The summed E-state index contributed by atoms with van der Waals surface area (Å²) in [7, 11) is 0. The summed E-state index contributed by atoms with van der Waals surface area (Å²) in [5, 5.41) is 9.83. The molecule has 2 nitrogen and oxygen atoms in total. The van der Waals surface area contributed by atoms with Crippen molar-refractivity contribution in [2.24, 2.45) is 0 Å². The fourth-order valence-electron chi connectivity index (χ4n) is 3.16. The van der Waals surface area contributed by atoms with Crippen LogP contribution >= 0.6 is 15.9 Å². The Morgan fingerprint density at radius 2 is 2.00 bits per heavy atom. The summed E-state index contributed by atoms with van der Waals surface area (Å²) in [4.78, 5) is 12.0. The second-order valence-corrected chi connectivity index (χ2v) is 6.27. The largest absolute Gasteiger partial charge is 0.481 e. The molecule has 0 aliphatic heterocycles. The smallest absolute Gasteiger partial charge is 0.314 e. The lowest BCUT2D eigenvalue weighted by molar-refractivity contribution is -0.143. The predicted octanol–water partition coefficient (Wildman–Crippen LogP) is 3.96. The maximum Gasteiger partial charge on any atom is 0.314 e. The van der Waals surface area contributed by atoms with Crippen LogP contribution in [0.25, 0.3) is 0 Å². The summed E-state index contributed by atoms with van der Waals surface area (Å²) in [6.45, 7) is 0. The summed E-state index contributed by atoms with van der Waals surface area (Å²) in [6.07, 6.45) is 2.06. The van der Waals surface area contributed by atoms with E-state index < -0.39 is 11.4 Å². The first-order valence-corrected chi connectivity index (χ1v) is 7.47. The van der Waals surface area contributed by atoms with Crippen LogP contribution in [0.4, 0.5) is 0 Å². The van der Waals surface area contributed by atoms with Crippen molar-refractivity contribution in [3.05, 3.63) is 69.7 Å². The standard InChI is InChI=1S/C17H15BrO2/c18-14-6-3-4-12(10-14)11-17(16(19)20)9-8-13-5-1-2-7-15(13)17/h1-7,10H,8-9,11H2,(H,19,20). The first-order valence-electron chi connectivity index (χ1n) is 6.68. The molecular formula is C17H15BrO2. The molecule has 0 saturated heterocycles. The van der Waals surface area contributed by atoms with Gasteiger partial charge in [0.25, 0.3) is 0 Å². The second kappa shape index (κ2) is 5.06. The van der Waals surface area contributed by atoms with Crippen LogP contribution in [-0.4, -0.2) is 11.1 Å². The van der Waals surface area contributed by atoms with E-state index >= 15 is 0 Å². The average molecular weight is 331 g/mol. The molecule has 1 unspecified atom stereocenters. The Labute approximate surface area is 126 Å². The highest BCUT2D eigenvalue weighted by molar-refractivity contribution is 9.10. The van der Waals surface area contributed by atoms with Gasteiger partial charge in [0.2, 0.25) is 0 Å². The number of aryl methyl sites for hydroxylation is 1. The molecule has 0 bridgehead atoms. The zero-order valence-electron chi connectivity index (χ0n) is 11.0. The number of hydrogen-bond acceptors (Lipinski definition) is 1. The summed E-state index contributed by atoms with van der Waals surface area (Å²) in [6, 6.07) is 15.8. The van der Waals surface area contributed by atoms with Gasteiger partial charge in [-0.3, -0.25) is 4.79 Å². The molecule has 1 aliphatic carbocycles. The third-order valence-electron chi connectivity index (χ3n) is 4.16. The van der Waals surface area contributed by atoms with E-state index in [1.807, 2.05) is 48.5 Å². The molecule has 102 valence electrons. The lowest BCUT2D eigenvalue weighted by Crippen LogP contribution is -2.35. The highest BCUT2D eigenvalue weighted by Gasteiger charge is 2.45. The number of carboxylic acids is 1. The molecule has 1 N–H and O–H groups in total. The van der Waals surface area contributed by atoms with Crippen molar-refractivity contribution in [1.82, 2.24) is 0 Å². The van der Waals surface area contributed by atoms with Crippen molar-refractivity contribution in [2.75, 3.05) is 0 Å². The van der Waals surface area contributed by atoms with E-state index in [0.29, 0.717) is 12.8 Å². The molecule has 0 spiro atoms. The zero-order valence-corrected chi connectivity index (χ0v) is 12.6. The fraction of sp³-hybridized carbons (Fsp3) is 0.235. The Hall–Kier alpha value is -1.61. The van der Waals surface area contributed by atoms with Gasteiger partial charge in [-0.25, -0.2) is 0 Å². The van der Waals surface area contributed by atoms with Crippen LogP contribution in [0.1, 0.15) is 23.1 Å². The lowest BCUT2D eigenvalue weighted by Gasteiger charge is -2.26. The molecule has 0 radical (unpaired) electrons. The van der Waals surface area contributed by atoms with Crippen molar-refractivity contribution in [3.63, 3.8) is 0 Å². The van der Waals surface area contributed by atoms with E-state index in [1.54, 1.807) is 0 Å². The lowest BCUT2D eigenvalue weighted by atomic mass is 9.76. The number of halogens is 1. The quantitative estimate of drug-likeness (QED) is 0.924. The van der Waals surface area contributed by atoms with Crippen molar-refractivity contribution in [2.45, 2.75) is 24.7 Å². The average Bonchev–Trinajstić information content (AvgIpc) is 2.79. The van der Waals surface area contributed by atoms with Gasteiger partial charge in [0.15, 0.2) is 0 Å². The van der Waals surface area contributed by atoms with E-state index in [9.17, 15) is 9.90 Å². The van der Waals surface area contributed by atoms with Crippen molar-refractivity contribution in [3.8, 4) is 0 Å². The summed E-state index contributed by atoms with van der Waals surface area (Å²) < 4.78 is 0.988. The van der Waals surface area contributed by atoms with Crippen molar-refractivity contribution < 1.29 is 9.90 Å². The highest BCUT2D eigenvalue weighted by atomic mass is 79.9. The van der Waals surface area contributed by atoms with Gasteiger partial charge in [0, 0.05) is 4.47 Å². The first kappa shape index (κ1) is 13.4. The number of benzene rings is 2. The predicted molar refractivity (Wildman–Crippen MR) is 81.9 cm³/mol. The molecule has 1 atom stereocenters. The molecule has 1 aliphatic rings. The number of fused-ring (bicyclic) bond motifs is 1. The summed E-state index contributed by atoms with van der Waals surface area (Å²) in [5.74, 6) is -0.720. The topological polar surface area (TPSA) is 37.3 Å². The van der Waals surface area contributed by atoms with Crippen LogP contribution in [0.5, 0.6) is 0 Å². The maximum absolute atomic E-state index is 12.0. The molecule has 20 heavy (non-hydrogen) atoms. The molecule has 0 aromatic heterocycles. The third-order valence-corrected chi connectivity index (χ3v) is 4.65. The van der Waals surface area contributed by atoms with E-state index in [4.69, 9.17) is 0 Å². The van der Waals surface area contributed by atoms with Crippen LogP contribution < -0.4 is 0 Å². The Morgan fingerprint density at radius 1 is 1.20 bits per heavy atom. The third kappa shape index (κ3) is 2.16. The number of rotatable bonds is 3. The van der Waals surface area contributed by atoms with Gasteiger partial charge in [0.05, 0.1) is 5.41 Å². The number of hydrogen-bond donors (Lipinski definition) is 1. The molecule has 3 heteroatoms. The van der Waals surface area contributed by atoms with Crippen LogP contribution in [0, 0.1) is 0 Å². The number of carboxylic acid groups (broad SMARTS) is 1. The van der Waals surface area contributed by atoms with E-state index in [-0.39, 0.29) is 0 Å². The monoisotopic (exact) mass is 330 g/mol. The van der Waals surface area contributed by atoms with Crippen molar-refractivity contribution >= 4 is 21.9 Å². The first-order chi connectivity index (χ1) is 9.62. The van der Waals surface area contributed by atoms with Gasteiger partial charge in [0.1, 0.15) is 0 Å². The van der Waals surface area contributed by atoms with Gasteiger partial charge in [-0.15, -0.1) is 0 Å². The molecule has 2 aromatic rings. The van der Waals surface area contributed by atoms with Gasteiger partial charge >= 0.3 is 5.97 Å². The normalized spacial score (nSPS) is 20.6. The Balaban J connectivity index is 2.05. The Bertz CT molecular complexity index is 666. The highest BCUT2D eigenvalue weighted by Crippen LogP contribution is 2.42. The molecule has 2 aromatic carbocycles. The van der Waals surface area contributed by atoms with E-state index in [2.05, 4.69) is 15.9 Å². The maximum atomic E-state index is 12.0. The minimum Gasteiger partial charge on any atom is -0.481 e. The number of carbonyl (C=O) groups is 1. The van der Waals surface area contributed by atoms with E-state index in [1.165, 1.54) is 5.56 Å². The SMILES string of the molecule is O=C(O)C1(Cc2cccc(Br)c2)CCc2ccccc21. The van der Waals surface area contributed by atoms with E-state index in [0.717, 1.165) is 22.0 Å².